The van der Waals surface area contributed by atoms with Crippen molar-refractivity contribution in [2.75, 3.05) is 0 Å². The van der Waals surface area contributed by atoms with Crippen LogP contribution in [0.25, 0.3) is 52.8 Å². The molecule has 1 nitrogen and oxygen atoms in total. The zero-order chi connectivity index (χ0) is 21.2. The van der Waals surface area contributed by atoms with E-state index in [0.29, 0.717) is 0 Å². The molecular formula is C30H21NS. The lowest BCUT2D eigenvalue weighted by Gasteiger charge is -2.05. The van der Waals surface area contributed by atoms with Gasteiger partial charge in [0, 0.05) is 49.0 Å². The van der Waals surface area contributed by atoms with Crippen LogP contribution >= 0.6 is 11.3 Å². The summed E-state index contributed by atoms with van der Waals surface area (Å²) in [4.78, 5) is 0. The summed E-state index contributed by atoms with van der Waals surface area (Å²) in [6.45, 7) is 0. The second-order valence-corrected chi connectivity index (χ2v) is 9.78. The van der Waals surface area contributed by atoms with E-state index in [1.807, 2.05) is 11.3 Å². The highest BCUT2D eigenvalue weighted by atomic mass is 32.1. The standard InChI is InChI=1S/C30H21NS/c1-31-26-13-10-19(18-25(26)30-22-7-3-2-6-21(22)12-14-27(30)31)16-20-11-15-29-24(17-20)23-8-4-5-9-28(23)32-29/h2-15,17-18H,16H2,1H3. The van der Waals surface area contributed by atoms with Crippen LogP contribution in [0.3, 0.4) is 0 Å². The van der Waals surface area contributed by atoms with E-state index in [2.05, 4.69) is 109 Å². The minimum absolute atomic E-state index is 0.942. The van der Waals surface area contributed by atoms with Gasteiger partial charge in [0.15, 0.2) is 0 Å². The van der Waals surface area contributed by atoms with Crippen LogP contribution in [0.15, 0.2) is 97.1 Å². The first-order valence-electron chi connectivity index (χ1n) is 11.1. The number of rotatable bonds is 2. The molecule has 7 aromatic rings. The van der Waals surface area contributed by atoms with E-state index >= 15 is 0 Å². The van der Waals surface area contributed by atoms with Gasteiger partial charge in [0.25, 0.3) is 0 Å². The van der Waals surface area contributed by atoms with Gasteiger partial charge >= 0.3 is 0 Å². The third kappa shape index (κ3) is 2.57. The van der Waals surface area contributed by atoms with E-state index in [9.17, 15) is 0 Å². The number of aromatic nitrogens is 1. The predicted molar refractivity (Wildman–Crippen MR) is 140 cm³/mol. The molecule has 0 aliphatic rings. The molecule has 0 saturated heterocycles. The molecule has 152 valence electrons. The minimum atomic E-state index is 0.942. The van der Waals surface area contributed by atoms with Crippen LogP contribution in [0.5, 0.6) is 0 Å². The van der Waals surface area contributed by atoms with Crippen LogP contribution in [-0.2, 0) is 13.5 Å². The fourth-order valence-corrected chi connectivity index (χ4v) is 6.34. The number of benzene rings is 5. The number of nitrogens with zero attached hydrogens (tertiary/aromatic N) is 1. The Bertz CT molecular complexity index is 1820. The number of fused-ring (bicyclic) bond motifs is 8. The van der Waals surface area contributed by atoms with Crippen molar-refractivity contribution in [1.82, 2.24) is 4.57 Å². The normalized spacial score (nSPS) is 12.0. The Morgan fingerprint density at radius 2 is 1.28 bits per heavy atom. The molecule has 0 saturated carbocycles. The van der Waals surface area contributed by atoms with Gasteiger partial charge in [-0.15, -0.1) is 11.3 Å². The van der Waals surface area contributed by atoms with E-state index in [0.717, 1.165) is 6.42 Å². The molecule has 0 N–H and O–H groups in total. The smallest absolute Gasteiger partial charge is 0.0495 e. The average molecular weight is 428 g/mol. The van der Waals surface area contributed by atoms with E-state index < -0.39 is 0 Å². The fraction of sp³-hybridized carbons (Fsp3) is 0.0667. The molecule has 0 unspecified atom stereocenters. The molecule has 0 atom stereocenters. The molecule has 0 fully saturated rings. The van der Waals surface area contributed by atoms with Crippen molar-refractivity contribution < 1.29 is 0 Å². The Balaban J connectivity index is 1.40. The molecule has 2 heterocycles. The van der Waals surface area contributed by atoms with Crippen molar-refractivity contribution in [3.63, 3.8) is 0 Å². The summed E-state index contributed by atoms with van der Waals surface area (Å²) in [6, 6.07) is 35.9. The van der Waals surface area contributed by atoms with Gasteiger partial charge in [0.2, 0.25) is 0 Å². The topological polar surface area (TPSA) is 4.93 Å². The van der Waals surface area contributed by atoms with Crippen LogP contribution in [0.2, 0.25) is 0 Å². The molecule has 0 amide bonds. The second-order valence-electron chi connectivity index (χ2n) is 8.70. The monoisotopic (exact) mass is 427 g/mol. The van der Waals surface area contributed by atoms with Crippen molar-refractivity contribution in [3.05, 3.63) is 108 Å². The maximum Gasteiger partial charge on any atom is 0.0495 e. The van der Waals surface area contributed by atoms with E-state index in [-0.39, 0.29) is 0 Å². The highest BCUT2D eigenvalue weighted by Crippen LogP contribution is 2.36. The number of thiophene rings is 1. The van der Waals surface area contributed by atoms with Gasteiger partial charge in [-0.3, -0.25) is 0 Å². The Morgan fingerprint density at radius 3 is 2.19 bits per heavy atom. The third-order valence-corrected chi connectivity index (χ3v) is 7.96. The lowest BCUT2D eigenvalue weighted by atomic mass is 9.99. The molecule has 0 radical (unpaired) electrons. The first-order valence-corrected chi connectivity index (χ1v) is 11.9. The van der Waals surface area contributed by atoms with E-state index in [4.69, 9.17) is 0 Å². The molecule has 2 aromatic heterocycles. The van der Waals surface area contributed by atoms with Crippen LogP contribution in [0.4, 0.5) is 0 Å². The molecule has 0 aliphatic carbocycles. The summed E-state index contributed by atoms with van der Waals surface area (Å²) < 4.78 is 5.05. The second kappa shape index (κ2) is 6.69. The Labute approximate surface area is 190 Å². The highest BCUT2D eigenvalue weighted by Gasteiger charge is 2.12. The number of hydrogen-bond donors (Lipinski definition) is 0. The molecule has 0 aliphatic heterocycles. The molecule has 5 aromatic carbocycles. The molecular weight excluding hydrogens is 406 g/mol. The van der Waals surface area contributed by atoms with Crippen molar-refractivity contribution >= 4 is 64.1 Å². The summed E-state index contributed by atoms with van der Waals surface area (Å²) in [5.74, 6) is 0. The van der Waals surface area contributed by atoms with Crippen molar-refractivity contribution in [3.8, 4) is 0 Å². The molecule has 0 spiro atoms. The van der Waals surface area contributed by atoms with Crippen molar-refractivity contribution in [2.45, 2.75) is 6.42 Å². The maximum atomic E-state index is 2.40. The fourth-order valence-electron chi connectivity index (χ4n) is 5.26. The largest absolute Gasteiger partial charge is 0.344 e. The summed E-state index contributed by atoms with van der Waals surface area (Å²) in [5, 5.41) is 8.08. The van der Waals surface area contributed by atoms with Crippen LogP contribution in [-0.4, -0.2) is 4.57 Å². The summed E-state index contributed by atoms with van der Waals surface area (Å²) in [5.41, 5.74) is 5.31. The first kappa shape index (κ1) is 18.0. The SMILES string of the molecule is Cn1c2ccc(Cc3ccc4sc5ccccc5c4c3)cc2c2c3ccccc3ccc21. The zero-order valence-corrected chi connectivity index (χ0v) is 18.6. The van der Waals surface area contributed by atoms with Crippen molar-refractivity contribution in [2.24, 2.45) is 7.05 Å². The van der Waals surface area contributed by atoms with Crippen LogP contribution < -0.4 is 0 Å². The number of hydrogen-bond acceptors (Lipinski definition) is 1. The Kier molecular flexibility index (Phi) is 3.76. The van der Waals surface area contributed by atoms with Crippen LogP contribution in [0, 0.1) is 0 Å². The predicted octanol–water partition coefficient (Wildman–Crippen LogP) is 8.44. The molecule has 2 heteroatoms. The van der Waals surface area contributed by atoms with Gasteiger partial charge in [-0.25, -0.2) is 0 Å². The van der Waals surface area contributed by atoms with Gasteiger partial charge in [0.05, 0.1) is 0 Å². The quantitative estimate of drug-likeness (QED) is 0.261. The third-order valence-electron chi connectivity index (χ3n) is 6.81. The van der Waals surface area contributed by atoms with E-state index in [1.54, 1.807) is 0 Å². The summed E-state index contributed by atoms with van der Waals surface area (Å²) in [6.07, 6.45) is 0.942. The molecule has 7 rings (SSSR count). The first-order chi connectivity index (χ1) is 15.8. The minimum Gasteiger partial charge on any atom is -0.344 e. The van der Waals surface area contributed by atoms with Gasteiger partial charge < -0.3 is 4.57 Å². The van der Waals surface area contributed by atoms with Crippen LogP contribution in [0.1, 0.15) is 11.1 Å². The summed E-state index contributed by atoms with van der Waals surface area (Å²) >= 11 is 1.88. The molecule has 0 bridgehead atoms. The average Bonchev–Trinajstić information content (AvgIpc) is 3.34. The lowest BCUT2D eigenvalue weighted by molar-refractivity contribution is 1.01. The van der Waals surface area contributed by atoms with Crippen molar-refractivity contribution in [1.29, 1.82) is 0 Å². The summed E-state index contributed by atoms with van der Waals surface area (Å²) in [7, 11) is 2.18. The lowest BCUT2D eigenvalue weighted by Crippen LogP contribution is -1.89. The highest BCUT2D eigenvalue weighted by molar-refractivity contribution is 7.25. The zero-order valence-electron chi connectivity index (χ0n) is 17.8. The van der Waals surface area contributed by atoms with Gasteiger partial charge in [-0.2, -0.15) is 0 Å². The number of aryl methyl sites for hydroxylation is 1. The van der Waals surface area contributed by atoms with Gasteiger partial charge in [-0.05, 0) is 64.7 Å². The Hall–Kier alpha value is -3.62. The van der Waals surface area contributed by atoms with Gasteiger partial charge in [0.1, 0.15) is 0 Å². The maximum absolute atomic E-state index is 2.40. The van der Waals surface area contributed by atoms with E-state index in [1.165, 1.54) is 63.9 Å². The van der Waals surface area contributed by atoms with Gasteiger partial charge in [-0.1, -0.05) is 60.7 Å². The Morgan fingerprint density at radius 1 is 0.594 bits per heavy atom. The molecule has 32 heavy (non-hydrogen) atoms.